The smallest absolute Gasteiger partial charge is 0.358 e. The van der Waals surface area contributed by atoms with Crippen LogP contribution in [0.1, 0.15) is 48.9 Å². The van der Waals surface area contributed by atoms with Gasteiger partial charge in [0.1, 0.15) is 0 Å². The zero-order valence-corrected chi connectivity index (χ0v) is 11.1. The summed E-state index contributed by atoms with van der Waals surface area (Å²) in [4.78, 5) is 10.6. The molecule has 6 nitrogen and oxygen atoms in total. The molecule has 2 rings (SSSR count). The topological polar surface area (TPSA) is 95.6 Å². The van der Waals surface area contributed by atoms with Crippen LogP contribution in [0.2, 0.25) is 0 Å². The Morgan fingerprint density at radius 2 is 2.26 bits per heavy atom. The molecule has 3 N–H and O–H groups in total. The summed E-state index contributed by atoms with van der Waals surface area (Å²) in [5.74, 6) is 0.0488. The quantitative estimate of drug-likeness (QED) is 0.747. The number of carboxylic acids is 1. The molecular formula is C13H20N2O4. The summed E-state index contributed by atoms with van der Waals surface area (Å²) in [5, 5.41) is 25.6. The maximum absolute atomic E-state index is 10.6. The Morgan fingerprint density at radius 3 is 2.84 bits per heavy atom. The first kappa shape index (κ1) is 14.0. The second-order valence-electron chi connectivity index (χ2n) is 5.49. The summed E-state index contributed by atoms with van der Waals surface area (Å²) in [7, 11) is 0. The van der Waals surface area contributed by atoms with Crippen LogP contribution in [0.5, 0.6) is 0 Å². The third kappa shape index (κ3) is 3.78. The maximum atomic E-state index is 10.6. The molecule has 0 saturated heterocycles. The van der Waals surface area contributed by atoms with Gasteiger partial charge >= 0.3 is 5.97 Å². The minimum absolute atomic E-state index is 0.0954. The van der Waals surface area contributed by atoms with Crippen LogP contribution in [-0.4, -0.2) is 33.5 Å². The van der Waals surface area contributed by atoms with Crippen molar-refractivity contribution in [3.05, 3.63) is 17.5 Å². The van der Waals surface area contributed by atoms with E-state index in [0.29, 0.717) is 24.8 Å². The second-order valence-corrected chi connectivity index (χ2v) is 5.49. The molecule has 1 saturated carbocycles. The van der Waals surface area contributed by atoms with Crippen molar-refractivity contribution in [3.63, 3.8) is 0 Å². The summed E-state index contributed by atoms with van der Waals surface area (Å²) in [6.45, 7) is 3.07. The highest BCUT2D eigenvalue weighted by Gasteiger charge is 2.31. The van der Waals surface area contributed by atoms with Gasteiger partial charge < -0.3 is 20.1 Å². The minimum Gasteiger partial charge on any atom is -0.476 e. The van der Waals surface area contributed by atoms with Gasteiger partial charge in [0.05, 0.1) is 12.1 Å². The molecule has 0 bridgehead atoms. The molecule has 106 valence electrons. The van der Waals surface area contributed by atoms with Crippen molar-refractivity contribution in [1.82, 2.24) is 10.5 Å². The van der Waals surface area contributed by atoms with Crippen LogP contribution >= 0.6 is 0 Å². The first-order valence-electron chi connectivity index (χ1n) is 6.60. The van der Waals surface area contributed by atoms with Crippen molar-refractivity contribution < 1.29 is 19.5 Å². The summed E-state index contributed by atoms with van der Waals surface area (Å²) >= 11 is 0. The average molecular weight is 268 g/mol. The van der Waals surface area contributed by atoms with Gasteiger partial charge in [0.25, 0.3) is 0 Å². The predicted octanol–water partition coefficient (Wildman–Crippen LogP) is 1.40. The first-order valence-corrected chi connectivity index (χ1v) is 6.60. The fourth-order valence-corrected chi connectivity index (χ4v) is 2.39. The lowest BCUT2D eigenvalue weighted by atomic mass is 9.79. The van der Waals surface area contributed by atoms with E-state index in [9.17, 15) is 9.90 Å². The standard InChI is InChI=1S/C13H20N2O4/c1-9-2-4-13(18,5-3-9)8-14-7-10-6-11(12(16)17)15-19-10/h6,9,14,18H,2-5,7-8H2,1H3,(H,16,17). The predicted molar refractivity (Wildman–Crippen MR) is 67.8 cm³/mol. The highest BCUT2D eigenvalue weighted by Crippen LogP contribution is 2.31. The normalized spacial score (nSPS) is 27.4. The van der Waals surface area contributed by atoms with Gasteiger partial charge in [-0.1, -0.05) is 12.1 Å². The summed E-state index contributed by atoms with van der Waals surface area (Å²) < 4.78 is 4.89. The van der Waals surface area contributed by atoms with Crippen LogP contribution in [0.25, 0.3) is 0 Å². The van der Waals surface area contributed by atoms with E-state index in [-0.39, 0.29) is 5.69 Å². The van der Waals surface area contributed by atoms with Crippen molar-refractivity contribution in [2.75, 3.05) is 6.54 Å². The van der Waals surface area contributed by atoms with Gasteiger partial charge in [-0.2, -0.15) is 0 Å². The van der Waals surface area contributed by atoms with E-state index >= 15 is 0 Å². The molecule has 1 heterocycles. The van der Waals surface area contributed by atoms with Gasteiger partial charge in [-0.15, -0.1) is 0 Å². The SMILES string of the molecule is CC1CCC(O)(CNCc2cc(C(=O)O)no2)CC1. The number of rotatable bonds is 5. The van der Waals surface area contributed by atoms with Gasteiger partial charge in [0, 0.05) is 12.6 Å². The van der Waals surface area contributed by atoms with Crippen molar-refractivity contribution in [3.8, 4) is 0 Å². The molecule has 0 spiro atoms. The minimum atomic E-state index is -1.10. The molecule has 0 aromatic carbocycles. The molecule has 0 atom stereocenters. The van der Waals surface area contributed by atoms with E-state index in [0.717, 1.165) is 25.7 Å². The molecule has 1 aliphatic carbocycles. The number of aliphatic hydroxyl groups is 1. The van der Waals surface area contributed by atoms with Crippen LogP contribution in [0.3, 0.4) is 0 Å². The Bertz CT molecular complexity index is 436. The van der Waals surface area contributed by atoms with E-state index in [1.807, 2.05) is 0 Å². The van der Waals surface area contributed by atoms with Crippen LogP contribution in [0.4, 0.5) is 0 Å². The van der Waals surface area contributed by atoms with Crippen molar-refractivity contribution in [2.24, 2.45) is 5.92 Å². The lowest BCUT2D eigenvalue weighted by Crippen LogP contribution is -2.43. The van der Waals surface area contributed by atoms with Crippen molar-refractivity contribution in [2.45, 2.75) is 44.8 Å². The van der Waals surface area contributed by atoms with E-state index in [1.54, 1.807) is 0 Å². The zero-order chi connectivity index (χ0) is 13.9. The van der Waals surface area contributed by atoms with Gasteiger partial charge in [0.15, 0.2) is 11.5 Å². The molecule has 1 fully saturated rings. The summed E-state index contributed by atoms with van der Waals surface area (Å²) in [6, 6.07) is 1.39. The van der Waals surface area contributed by atoms with Crippen LogP contribution in [0.15, 0.2) is 10.6 Å². The second kappa shape index (κ2) is 5.71. The molecule has 1 aromatic heterocycles. The fraction of sp³-hybridized carbons (Fsp3) is 0.692. The third-order valence-electron chi connectivity index (χ3n) is 3.74. The fourth-order valence-electron chi connectivity index (χ4n) is 2.39. The number of nitrogens with zero attached hydrogens (tertiary/aromatic N) is 1. The highest BCUT2D eigenvalue weighted by atomic mass is 16.5. The largest absolute Gasteiger partial charge is 0.476 e. The van der Waals surface area contributed by atoms with Gasteiger partial charge in [0.2, 0.25) is 0 Å². The zero-order valence-electron chi connectivity index (χ0n) is 11.1. The molecule has 0 unspecified atom stereocenters. The molecule has 19 heavy (non-hydrogen) atoms. The number of aromatic nitrogens is 1. The number of carbonyl (C=O) groups is 1. The lowest BCUT2D eigenvalue weighted by Gasteiger charge is -2.35. The van der Waals surface area contributed by atoms with E-state index in [4.69, 9.17) is 9.63 Å². The number of aromatic carboxylic acids is 1. The van der Waals surface area contributed by atoms with Gasteiger partial charge in [-0.25, -0.2) is 4.79 Å². The van der Waals surface area contributed by atoms with Gasteiger partial charge in [-0.05, 0) is 31.6 Å². The maximum Gasteiger partial charge on any atom is 0.358 e. The highest BCUT2D eigenvalue weighted by molar-refractivity contribution is 5.85. The molecule has 1 aromatic rings. The molecule has 0 radical (unpaired) electrons. The van der Waals surface area contributed by atoms with E-state index in [1.165, 1.54) is 6.07 Å². The van der Waals surface area contributed by atoms with Crippen LogP contribution in [-0.2, 0) is 6.54 Å². The number of carboxylic acid groups (broad SMARTS) is 1. The molecular weight excluding hydrogens is 248 g/mol. The molecule has 1 aliphatic rings. The third-order valence-corrected chi connectivity index (χ3v) is 3.74. The van der Waals surface area contributed by atoms with Crippen LogP contribution in [0, 0.1) is 5.92 Å². The van der Waals surface area contributed by atoms with Gasteiger partial charge in [-0.3, -0.25) is 0 Å². The van der Waals surface area contributed by atoms with Crippen molar-refractivity contribution >= 4 is 5.97 Å². The number of nitrogens with one attached hydrogen (secondary N) is 1. The van der Waals surface area contributed by atoms with E-state index < -0.39 is 11.6 Å². The summed E-state index contributed by atoms with van der Waals surface area (Å²) in [6.07, 6.45) is 3.70. The van der Waals surface area contributed by atoms with Crippen molar-refractivity contribution in [1.29, 1.82) is 0 Å². The molecule has 0 amide bonds. The van der Waals surface area contributed by atoms with Crippen LogP contribution < -0.4 is 5.32 Å². The molecule has 0 aliphatic heterocycles. The first-order chi connectivity index (χ1) is 8.98. The monoisotopic (exact) mass is 268 g/mol. The Morgan fingerprint density at radius 1 is 1.58 bits per heavy atom. The lowest BCUT2D eigenvalue weighted by molar-refractivity contribution is -0.00664. The Labute approximate surface area is 111 Å². The Kier molecular flexibility index (Phi) is 4.21. The average Bonchev–Trinajstić information content (AvgIpc) is 2.82. The molecule has 6 heteroatoms. The summed E-state index contributed by atoms with van der Waals surface area (Å²) in [5.41, 5.74) is -0.746. The number of hydrogen-bond donors (Lipinski definition) is 3. The Hall–Kier alpha value is -1.40. The number of hydrogen-bond acceptors (Lipinski definition) is 5. The Balaban J connectivity index is 1.78. The van der Waals surface area contributed by atoms with E-state index in [2.05, 4.69) is 17.4 Å².